The van der Waals surface area contributed by atoms with Crippen LogP contribution in [0, 0.1) is 0 Å². The highest BCUT2D eigenvalue weighted by atomic mass is 16.5. The fourth-order valence-electron chi connectivity index (χ4n) is 4.68. The number of carbonyl (C=O) groups is 1. The molecule has 0 radical (unpaired) electrons. The van der Waals surface area contributed by atoms with Crippen molar-refractivity contribution < 1.29 is 13.9 Å². The van der Waals surface area contributed by atoms with Crippen molar-refractivity contribution in [2.24, 2.45) is 0 Å². The summed E-state index contributed by atoms with van der Waals surface area (Å²) < 4.78 is 11.8. The molecule has 2 aliphatic heterocycles. The Hall–Kier alpha value is -2.79. The van der Waals surface area contributed by atoms with E-state index in [1.807, 2.05) is 35.2 Å². The summed E-state index contributed by atoms with van der Waals surface area (Å²) in [6.07, 6.45) is 4.71. The van der Waals surface area contributed by atoms with Crippen LogP contribution in [0.2, 0.25) is 0 Å². The average molecular weight is 405 g/mol. The minimum atomic E-state index is 0.00801. The van der Waals surface area contributed by atoms with Crippen molar-refractivity contribution in [3.63, 3.8) is 0 Å². The van der Waals surface area contributed by atoms with Crippen molar-refractivity contribution in [2.45, 2.75) is 38.3 Å². The first-order chi connectivity index (χ1) is 14.8. The van der Waals surface area contributed by atoms with Gasteiger partial charge in [-0.05, 0) is 73.8 Å². The van der Waals surface area contributed by atoms with E-state index in [0.29, 0.717) is 24.2 Å². The number of fused-ring (bicyclic) bond motifs is 1. The Morgan fingerprint density at radius 1 is 0.967 bits per heavy atom. The maximum absolute atomic E-state index is 13.0. The number of likely N-dealkylation sites (tertiary alicyclic amines) is 2. The van der Waals surface area contributed by atoms with Crippen molar-refractivity contribution in [3.8, 4) is 5.75 Å². The summed E-state index contributed by atoms with van der Waals surface area (Å²) in [6, 6.07) is 18.2. The van der Waals surface area contributed by atoms with Crippen molar-refractivity contribution >= 4 is 16.7 Å². The van der Waals surface area contributed by atoms with Gasteiger partial charge in [0.1, 0.15) is 18.1 Å². The minimum absolute atomic E-state index is 0.00801. The number of ether oxygens (including phenoxy) is 1. The van der Waals surface area contributed by atoms with Crippen LogP contribution in [-0.4, -0.2) is 47.9 Å². The van der Waals surface area contributed by atoms with E-state index in [0.717, 1.165) is 50.2 Å². The number of rotatable bonds is 6. The molecular formula is C25H28N2O3. The second kappa shape index (κ2) is 8.52. The summed E-state index contributed by atoms with van der Waals surface area (Å²) in [5.74, 6) is 1.89. The molecule has 0 aliphatic carbocycles. The highest BCUT2D eigenvalue weighted by Gasteiger charge is 2.32. The van der Waals surface area contributed by atoms with Crippen LogP contribution in [0.25, 0.3) is 10.8 Å². The van der Waals surface area contributed by atoms with E-state index < -0.39 is 0 Å². The zero-order valence-electron chi connectivity index (χ0n) is 17.3. The largest absolute Gasteiger partial charge is 0.486 e. The molecule has 2 saturated heterocycles. The molecule has 1 aromatic heterocycles. The lowest BCUT2D eigenvalue weighted by Crippen LogP contribution is -2.42. The molecule has 0 spiro atoms. The van der Waals surface area contributed by atoms with Crippen LogP contribution in [0.5, 0.6) is 5.75 Å². The molecule has 156 valence electrons. The third-order valence-corrected chi connectivity index (χ3v) is 6.28. The third kappa shape index (κ3) is 4.08. The van der Waals surface area contributed by atoms with E-state index >= 15 is 0 Å². The molecule has 0 saturated carbocycles. The molecule has 0 N–H and O–H groups in total. The number of hydrogen-bond donors (Lipinski definition) is 0. The van der Waals surface area contributed by atoms with E-state index in [1.165, 1.54) is 18.2 Å². The van der Waals surface area contributed by atoms with Gasteiger partial charge in [-0.1, -0.05) is 30.3 Å². The van der Waals surface area contributed by atoms with E-state index in [1.54, 1.807) is 6.07 Å². The Balaban J connectivity index is 1.21. The van der Waals surface area contributed by atoms with Crippen molar-refractivity contribution in [2.75, 3.05) is 26.2 Å². The Labute approximate surface area is 177 Å². The molecule has 30 heavy (non-hydrogen) atoms. The first-order valence-corrected chi connectivity index (χ1v) is 11.0. The van der Waals surface area contributed by atoms with Crippen molar-refractivity contribution in [1.82, 2.24) is 9.80 Å². The first kappa shape index (κ1) is 19.2. The van der Waals surface area contributed by atoms with Crippen LogP contribution in [0.3, 0.4) is 0 Å². The smallest absolute Gasteiger partial charge is 0.289 e. The maximum atomic E-state index is 13.0. The second-order valence-electron chi connectivity index (χ2n) is 8.37. The van der Waals surface area contributed by atoms with Crippen LogP contribution in [-0.2, 0) is 6.61 Å². The normalized spacial score (nSPS) is 19.6. The molecule has 2 fully saturated rings. The van der Waals surface area contributed by atoms with Gasteiger partial charge in [0.2, 0.25) is 0 Å². The number of hydrogen-bond acceptors (Lipinski definition) is 4. The van der Waals surface area contributed by atoms with Crippen LogP contribution >= 0.6 is 0 Å². The summed E-state index contributed by atoms with van der Waals surface area (Å²) in [7, 11) is 0. The third-order valence-electron chi connectivity index (χ3n) is 6.28. The summed E-state index contributed by atoms with van der Waals surface area (Å²) >= 11 is 0. The van der Waals surface area contributed by atoms with Gasteiger partial charge in [-0.15, -0.1) is 0 Å². The van der Waals surface area contributed by atoms with Gasteiger partial charge in [0.15, 0.2) is 5.76 Å². The van der Waals surface area contributed by atoms with Crippen molar-refractivity contribution in [3.05, 3.63) is 66.1 Å². The average Bonchev–Trinajstić information content (AvgIpc) is 3.54. The molecule has 5 rings (SSSR count). The Bertz CT molecular complexity index is 1020. The first-order valence-electron chi connectivity index (χ1n) is 11.0. The molecular weight excluding hydrogens is 376 g/mol. The van der Waals surface area contributed by atoms with Gasteiger partial charge in [0, 0.05) is 19.1 Å². The van der Waals surface area contributed by atoms with E-state index in [4.69, 9.17) is 9.15 Å². The van der Waals surface area contributed by atoms with Gasteiger partial charge < -0.3 is 19.0 Å². The predicted molar refractivity (Wildman–Crippen MR) is 117 cm³/mol. The molecule has 3 heterocycles. The quantitative estimate of drug-likeness (QED) is 0.597. The van der Waals surface area contributed by atoms with Crippen LogP contribution in [0.4, 0.5) is 0 Å². The molecule has 2 aromatic carbocycles. The number of carbonyl (C=O) groups excluding carboxylic acids is 1. The van der Waals surface area contributed by atoms with Crippen molar-refractivity contribution in [1.29, 1.82) is 0 Å². The maximum Gasteiger partial charge on any atom is 0.289 e. The molecule has 1 amide bonds. The van der Waals surface area contributed by atoms with Crippen LogP contribution in [0.1, 0.15) is 42.0 Å². The topological polar surface area (TPSA) is 45.9 Å². The standard InChI is InChI=1S/C25H28N2O3/c28-25(27-15-5-8-21(27)17-26-13-3-4-14-26)24-12-11-23(30-24)18-29-22-10-9-19-6-1-2-7-20(19)16-22/h1-2,6-7,9-12,16,21H,3-5,8,13-15,17-18H2. The zero-order chi connectivity index (χ0) is 20.3. The zero-order valence-corrected chi connectivity index (χ0v) is 17.3. The van der Waals surface area contributed by atoms with Gasteiger partial charge in [0.05, 0.1) is 0 Å². The van der Waals surface area contributed by atoms with E-state index in [-0.39, 0.29) is 5.91 Å². The van der Waals surface area contributed by atoms with Gasteiger partial charge in [-0.25, -0.2) is 0 Å². The molecule has 1 unspecified atom stereocenters. The Morgan fingerprint density at radius 2 is 1.80 bits per heavy atom. The highest BCUT2D eigenvalue weighted by Crippen LogP contribution is 2.25. The lowest BCUT2D eigenvalue weighted by molar-refractivity contribution is 0.0672. The summed E-state index contributed by atoms with van der Waals surface area (Å²) in [5, 5.41) is 2.33. The van der Waals surface area contributed by atoms with Gasteiger partial charge in [-0.2, -0.15) is 0 Å². The molecule has 3 aromatic rings. The number of amides is 1. The van der Waals surface area contributed by atoms with Gasteiger partial charge >= 0.3 is 0 Å². The Morgan fingerprint density at radius 3 is 2.67 bits per heavy atom. The fourth-order valence-corrected chi connectivity index (χ4v) is 4.68. The highest BCUT2D eigenvalue weighted by molar-refractivity contribution is 5.92. The summed E-state index contributed by atoms with van der Waals surface area (Å²) in [4.78, 5) is 17.5. The second-order valence-corrected chi connectivity index (χ2v) is 8.37. The number of nitrogens with zero attached hydrogens (tertiary/aromatic N) is 2. The lowest BCUT2D eigenvalue weighted by Gasteiger charge is -2.27. The lowest BCUT2D eigenvalue weighted by atomic mass is 10.1. The van der Waals surface area contributed by atoms with Crippen LogP contribution < -0.4 is 4.74 Å². The van der Waals surface area contributed by atoms with Gasteiger partial charge in [0.25, 0.3) is 5.91 Å². The van der Waals surface area contributed by atoms with Crippen LogP contribution in [0.15, 0.2) is 59.0 Å². The Kier molecular flexibility index (Phi) is 5.45. The predicted octanol–water partition coefficient (Wildman–Crippen LogP) is 4.71. The number of benzene rings is 2. The van der Waals surface area contributed by atoms with Gasteiger partial charge in [-0.3, -0.25) is 4.79 Å². The summed E-state index contributed by atoms with van der Waals surface area (Å²) in [6.45, 7) is 4.44. The number of furan rings is 1. The SMILES string of the molecule is O=C(c1ccc(COc2ccc3ccccc3c2)o1)N1CCCC1CN1CCCC1. The van der Waals surface area contributed by atoms with E-state index in [9.17, 15) is 4.79 Å². The molecule has 5 nitrogen and oxygen atoms in total. The molecule has 0 bridgehead atoms. The monoisotopic (exact) mass is 404 g/mol. The van der Waals surface area contributed by atoms with E-state index in [2.05, 4.69) is 23.1 Å². The summed E-state index contributed by atoms with van der Waals surface area (Å²) in [5.41, 5.74) is 0. The molecule has 2 aliphatic rings. The molecule has 5 heteroatoms. The fraction of sp³-hybridized carbons (Fsp3) is 0.400. The minimum Gasteiger partial charge on any atom is -0.486 e. The molecule has 1 atom stereocenters.